The number of carbonyl (C=O) groups is 3. The lowest BCUT2D eigenvalue weighted by atomic mass is 9.78. The van der Waals surface area contributed by atoms with Gasteiger partial charge in [0, 0.05) is 19.8 Å². The molecule has 1 spiro atoms. The van der Waals surface area contributed by atoms with Crippen molar-refractivity contribution in [2.75, 3.05) is 26.4 Å². The van der Waals surface area contributed by atoms with Crippen LogP contribution in [0.4, 0.5) is 0 Å². The highest BCUT2D eigenvalue weighted by atomic mass is 16.5. The number of benzene rings is 1. The number of likely N-dealkylation sites (tertiary alicyclic amines) is 1. The predicted octanol–water partition coefficient (Wildman–Crippen LogP) is 2.01. The highest BCUT2D eigenvalue weighted by Gasteiger charge is 2.50. The summed E-state index contributed by atoms with van der Waals surface area (Å²) < 4.78 is 10.7. The normalized spacial score (nSPS) is 21.8. The summed E-state index contributed by atoms with van der Waals surface area (Å²) in [6, 6.07) is 7.59. The summed E-state index contributed by atoms with van der Waals surface area (Å²) >= 11 is 0. The Morgan fingerprint density at radius 3 is 2.56 bits per heavy atom. The molecule has 2 aliphatic rings. The molecule has 8 heteroatoms. The van der Waals surface area contributed by atoms with Gasteiger partial charge in [-0.15, -0.1) is 0 Å². The van der Waals surface area contributed by atoms with Gasteiger partial charge in [0.05, 0.1) is 12.6 Å². The third-order valence-corrected chi connectivity index (χ3v) is 6.59. The van der Waals surface area contributed by atoms with E-state index in [2.05, 4.69) is 5.32 Å². The molecule has 2 N–H and O–H groups in total. The lowest BCUT2D eigenvalue weighted by Gasteiger charge is -2.33. The number of esters is 1. The molecule has 3 atom stereocenters. The fourth-order valence-corrected chi connectivity index (χ4v) is 4.76. The van der Waals surface area contributed by atoms with Crippen molar-refractivity contribution in [2.45, 2.75) is 64.1 Å². The number of carbonyl (C=O) groups excluding carboxylic acids is 2. The Labute approximate surface area is 189 Å². The van der Waals surface area contributed by atoms with Gasteiger partial charge in [0.15, 0.2) is 0 Å². The van der Waals surface area contributed by atoms with Crippen molar-refractivity contribution >= 4 is 17.8 Å². The van der Waals surface area contributed by atoms with Crippen LogP contribution < -0.4 is 5.32 Å². The molecular formula is C24H34N2O6. The number of amides is 1. The molecule has 8 nitrogen and oxygen atoms in total. The molecule has 176 valence electrons. The fourth-order valence-electron chi connectivity index (χ4n) is 4.76. The van der Waals surface area contributed by atoms with Gasteiger partial charge >= 0.3 is 11.9 Å². The number of carboxylic acid groups (broad SMARTS) is 1. The van der Waals surface area contributed by atoms with Gasteiger partial charge < -0.3 is 19.5 Å². The summed E-state index contributed by atoms with van der Waals surface area (Å²) in [4.78, 5) is 39.2. The molecule has 0 radical (unpaired) electrons. The second-order valence-corrected chi connectivity index (χ2v) is 8.85. The van der Waals surface area contributed by atoms with Gasteiger partial charge in [-0.25, -0.2) is 4.79 Å². The van der Waals surface area contributed by atoms with E-state index in [1.165, 1.54) is 4.90 Å². The Morgan fingerprint density at radius 1 is 1.25 bits per heavy atom. The van der Waals surface area contributed by atoms with Crippen LogP contribution in [0.5, 0.6) is 0 Å². The summed E-state index contributed by atoms with van der Waals surface area (Å²) in [6.07, 6.45) is 3.09. The molecule has 2 aliphatic heterocycles. The van der Waals surface area contributed by atoms with Crippen molar-refractivity contribution in [1.82, 2.24) is 10.2 Å². The lowest BCUT2D eigenvalue weighted by molar-refractivity contribution is -0.150. The molecule has 1 aromatic carbocycles. The van der Waals surface area contributed by atoms with E-state index in [4.69, 9.17) is 9.47 Å². The molecule has 0 bridgehead atoms. The molecule has 1 unspecified atom stereocenters. The molecule has 1 aromatic rings. The molecule has 0 aliphatic carbocycles. The van der Waals surface area contributed by atoms with Crippen LogP contribution in [0.3, 0.4) is 0 Å². The number of nitrogens with zero attached hydrogens (tertiary/aromatic N) is 1. The van der Waals surface area contributed by atoms with Crippen molar-refractivity contribution < 1.29 is 29.0 Å². The minimum Gasteiger partial charge on any atom is -0.480 e. The Morgan fingerprint density at radius 2 is 1.94 bits per heavy atom. The number of nitrogens with one attached hydrogen (secondary N) is 1. The van der Waals surface area contributed by atoms with Crippen LogP contribution in [0.1, 0.15) is 45.1 Å². The maximum absolute atomic E-state index is 13.3. The van der Waals surface area contributed by atoms with E-state index in [1.54, 1.807) is 13.8 Å². The summed E-state index contributed by atoms with van der Waals surface area (Å²) in [5.74, 6) is -1.69. The lowest BCUT2D eigenvalue weighted by Crippen LogP contribution is -2.53. The van der Waals surface area contributed by atoms with E-state index >= 15 is 0 Å². The largest absolute Gasteiger partial charge is 0.480 e. The van der Waals surface area contributed by atoms with Crippen LogP contribution in [0.25, 0.3) is 0 Å². The molecule has 1 amide bonds. The highest BCUT2D eigenvalue weighted by Crippen LogP contribution is 2.43. The maximum atomic E-state index is 13.3. The molecule has 0 saturated carbocycles. The van der Waals surface area contributed by atoms with Gasteiger partial charge in [-0.3, -0.25) is 14.9 Å². The second kappa shape index (κ2) is 10.9. The number of rotatable bonds is 9. The maximum Gasteiger partial charge on any atom is 0.326 e. The third-order valence-electron chi connectivity index (χ3n) is 6.59. The molecule has 2 fully saturated rings. The van der Waals surface area contributed by atoms with E-state index in [0.717, 1.165) is 18.4 Å². The van der Waals surface area contributed by atoms with Gasteiger partial charge in [-0.1, -0.05) is 30.3 Å². The zero-order valence-corrected chi connectivity index (χ0v) is 18.9. The topological polar surface area (TPSA) is 105 Å². The first kappa shape index (κ1) is 24.2. The van der Waals surface area contributed by atoms with Gasteiger partial charge in [-0.2, -0.15) is 0 Å². The Balaban J connectivity index is 1.68. The summed E-state index contributed by atoms with van der Waals surface area (Å²) in [5.41, 5.74) is 0.888. The van der Waals surface area contributed by atoms with Gasteiger partial charge in [0.2, 0.25) is 5.91 Å². The monoisotopic (exact) mass is 446 g/mol. The number of hydrogen-bond donors (Lipinski definition) is 2. The standard InChI is InChI=1S/C24H34N2O6/c1-3-32-23(30)19(10-9-18-7-5-4-6-8-18)25-17(2)21(27)26-16-24(11-13-31-14-12-24)15-20(26)22(28)29/h4-8,17,19-20,25H,3,9-16H2,1-2H3,(H,28,29)/t17-,19?,20-/m0/s1. The fraction of sp³-hybridized carbons (Fsp3) is 0.625. The minimum atomic E-state index is -0.986. The van der Waals surface area contributed by atoms with Crippen LogP contribution in [0.15, 0.2) is 30.3 Å². The van der Waals surface area contributed by atoms with Crippen molar-refractivity contribution in [3.63, 3.8) is 0 Å². The number of aryl methyl sites for hydroxylation is 1. The average Bonchev–Trinajstić information content (AvgIpc) is 3.16. The van der Waals surface area contributed by atoms with Crippen LogP contribution in [-0.2, 0) is 30.3 Å². The third kappa shape index (κ3) is 5.86. The van der Waals surface area contributed by atoms with E-state index in [0.29, 0.717) is 39.0 Å². The molecule has 32 heavy (non-hydrogen) atoms. The minimum absolute atomic E-state index is 0.204. The van der Waals surface area contributed by atoms with Crippen molar-refractivity contribution in [1.29, 1.82) is 0 Å². The molecule has 3 rings (SSSR count). The van der Waals surface area contributed by atoms with Gasteiger partial charge in [0.25, 0.3) is 0 Å². The van der Waals surface area contributed by atoms with Crippen molar-refractivity contribution in [3.05, 3.63) is 35.9 Å². The molecule has 2 heterocycles. The van der Waals surface area contributed by atoms with Crippen molar-refractivity contribution in [3.8, 4) is 0 Å². The van der Waals surface area contributed by atoms with Gasteiger partial charge in [-0.05, 0) is 56.9 Å². The zero-order chi connectivity index (χ0) is 23.1. The number of carboxylic acids is 1. The Bertz CT molecular complexity index is 793. The summed E-state index contributed by atoms with van der Waals surface area (Å²) in [5, 5.41) is 12.9. The zero-order valence-electron chi connectivity index (χ0n) is 18.9. The first-order valence-electron chi connectivity index (χ1n) is 11.4. The molecule has 0 aromatic heterocycles. The van der Waals surface area contributed by atoms with Crippen molar-refractivity contribution in [2.24, 2.45) is 5.41 Å². The SMILES string of the molecule is CCOC(=O)C(CCc1ccccc1)N[C@@H](C)C(=O)N1CC2(CCOCC2)C[C@H]1C(=O)O. The molecular weight excluding hydrogens is 412 g/mol. The van der Waals surface area contributed by atoms with E-state index in [9.17, 15) is 19.5 Å². The summed E-state index contributed by atoms with van der Waals surface area (Å²) in [7, 11) is 0. The van der Waals surface area contributed by atoms with Crippen LogP contribution in [0, 0.1) is 5.41 Å². The average molecular weight is 447 g/mol. The van der Waals surface area contributed by atoms with Crippen LogP contribution in [0.2, 0.25) is 0 Å². The highest BCUT2D eigenvalue weighted by molar-refractivity contribution is 5.88. The van der Waals surface area contributed by atoms with E-state index in [-0.39, 0.29) is 17.9 Å². The van der Waals surface area contributed by atoms with E-state index in [1.807, 2.05) is 30.3 Å². The van der Waals surface area contributed by atoms with Gasteiger partial charge in [0.1, 0.15) is 12.1 Å². The number of ether oxygens (including phenoxy) is 2. The van der Waals surface area contributed by atoms with Crippen LogP contribution in [-0.4, -0.2) is 72.3 Å². The Kier molecular flexibility index (Phi) is 8.26. The first-order chi connectivity index (χ1) is 15.3. The Hall–Kier alpha value is -2.45. The smallest absolute Gasteiger partial charge is 0.326 e. The second-order valence-electron chi connectivity index (χ2n) is 8.85. The van der Waals surface area contributed by atoms with Crippen LogP contribution >= 0.6 is 0 Å². The quantitative estimate of drug-likeness (QED) is 0.559. The summed E-state index contributed by atoms with van der Waals surface area (Å²) in [6.45, 7) is 5.27. The molecule has 2 saturated heterocycles. The van der Waals surface area contributed by atoms with E-state index < -0.39 is 30.1 Å². The first-order valence-corrected chi connectivity index (χ1v) is 11.4. The predicted molar refractivity (Wildman–Crippen MR) is 118 cm³/mol. The number of hydrogen-bond acceptors (Lipinski definition) is 6. The number of aliphatic carboxylic acids is 1.